The van der Waals surface area contributed by atoms with Crippen molar-refractivity contribution in [1.29, 1.82) is 0 Å². The van der Waals surface area contributed by atoms with Crippen molar-refractivity contribution >= 4 is 23.2 Å². The maximum atomic E-state index is 13.1. The number of rotatable bonds is 4. The number of ether oxygens (including phenoxy) is 2. The second-order valence-corrected chi connectivity index (χ2v) is 7.11. The fourth-order valence-electron chi connectivity index (χ4n) is 3.63. The molecule has 4 rings (SSSR count). The van der Waals surface area contributed by atoms with Gasteiger partial charge in [0.25, 0.3) is 0 Å². The quantitative estimate of drug-likeness (QED) is 0.856. The molecule has 2 heterocycles. The standard InChI is InChI=1S/C20H20ClFN2O3/c21-15-11-14(22)4-5-16(15)23-20(25)12-24-7-1-2-17(24)13-3-6-18-19(10-13)27-9-8-26-18/h3-6,10-11,17H,1-2,7-9,12H2,(H,23,25)/t17-/m1/s1. The molecule has 2 aliphatic rings. The maximum Gasteiger partial charge on any atom is 0.238 e. The molecule has 5 nitrogen and oxygen atoms in total. The molecule has 1 atom stereocenters. The zero-order valence-corrected chi connectivity index (χ0v) is 15.5. The highest BCUT2D eigenvalue weighted by atomic mass is 35.5. The lowest BCUT2D eigenvalue weighted by Gasteiger charge is -2.26. The SMILES string of the molecule is O=C(CN1CCC[C@@H]1c1ccc2c(c1)OCCO2)Nc1ccc(F)cc1Cl. The summed E-state index contributed by atoms with van der Waals surface area (Å²) in [6.07, 6.45) is 1.99. The topological polar surface area (TPSA) is 50.8 Å². The number of anilines is 1. The van der Waals surface area contributed by atoms with Crippen LogP contribution in [0.2, 0.25) is 5.02 Å². The van der Waals surface area contributed by atoms with E-state index in [1.54, 1.807) is 0 Å². The van der Waals surface area contributed by atoms with E-state index in [1.165, 1.54) is 18.2 Å². The average Bonchev–Trinajstić information content (AvgIpc) is 3.11. The van der Waals surface area contributed by atoms with Gasteiger partial charge in [0, 0.05) is 6.04 Å². The monoisotopic (exact) mass is 390 g/mol. The summed E-state index contributed by atoms with van der Waals surface area (Å²) < 4.78 is 24.4. The first-order valence-electron chi connectivity index (χ1n) is 8.98. The van der Waals surface area contributed by atoms with Gasteiger partial charge in [-0.15, -0.1) is 0 Å². The van der Waals surface area contributed by atoms with Crippen LogP contribution in [0.4, 0.5) is 10.1 Å². The molecule has 0 radical (unpaired) electrons. The highest BCUT2D eigenvalue weighted by Crippen LogP contribution is 2.38. The molecule has 2 aliphatic heterocycles. The van der Waals surface area contributed by atoms with Gasteiger partial charge in [-0.05, 0) is 55.3 Å². The molecule has 1 amide bonds. The van der Waals surface area contributed by atoms with Crippen molar-refractivity contribution in [3.63, 3.8) is 0 Å². The predicted molar refractivity (Wildman–Crippen MR) is 101 cm³/mol. The molecule has 0 unspecified atom stereocenters. The number of amides is 1. The van der Waals surface area contributed by atoms with Crippen LogP contribution in [-0.2, 0) is 4.79 Å². The van der Waals surface area contributed by atoms with E-state index in [0.717, 1.165) is 36.4 Å². The maximum absolute atomic E-state index is 13.1. The summed E-state index contributed by atoms with van der Waals surface area (Å²) in [4.78, 5) is 14.6. The molecule has 2 aromatic rings. The summed E-state index contributed by atoms with van der Waals surface area (Å²) in [6, 6.07) is 10.0. The molecular weight excluding hydrogens is 371 g/mol. The number of halogens is 2. The van der Waals surface area contributed by atoms with Gasteiger partial charge in [-0.3, -0.25) is 9.69 Å². The van der Waals surface area contributed by atoms with E-state index in [4.69, 9.17) is 21.1 Å². The number of hydrogen-bond acceptors (Lipinski definition) is 4. The molecule has 7 heteroatoms. The van der Waals surface area contributed by atoms with Crippen molar-refractivity contribution in [1.82, 2.24) is 4.90 Å². The first-order valence-corrected chi connectivity index (χ1v) is 9.36. The molecule has 0 spiro atoms. The van der Waals surface area contributed by atoms with Gasteiger partial charge >= 0.3 is 0 Å². The lowest BCUT2D eigenvalue weighted by molar-refractivity contribution is -0.117. The van der Waals surface area contributed by atoms with E-state index < -0.39 is 5.82 Å². The van der Waals surface area contributed by atoms with Gasteiger partial charge in [0.1, 0.15) is 19.0 Å². The lowest BCUT2D eigenvalue weighted by atomic mass is 10.0. The molecule has 0 aliphatic carbocycles. The van der Waals surface area contributed by atoms with Crippen molar-refractivity contribution in [2.75, 3.05) is 31.6 Å². The van der Waals surface area contributed by atoms with E-state index in [-0.39, 0.29) is 23.5 Å². The Kier molecular flexibility index (Phi) is 5.18. The minimum absolute atomic E-state index is 0.148. The van der Waals surface area contributed by atoms with Gasteiger partial charge in [0.2, 0.25) is 5.91 Å². The predicted octanol–water partition coefficient (Wildman–Crippen LogP) is 4.03. The molecule has 1 N–H and O–H groups in total. The van der Waals surface area contributed by atoms with Gasteiger partial charge < -0.3 is 14.8 Å². The fourth-order valence-corrected chi connectivity index (χ4v) is 3.84. The Morgan fingerprint density at radius 1 is 1.19 bits per heavy atom. The van der Waals surface area contributed by atoms with E-state index in [0.29, 0.717) is 18.9 Å². The second kappa shape index (κ2) is 7.74. The van der Waals surface area contributed by atoms with Crippen molar-refractivity contribution in [3.05, 3.63) is 52.8 Å². The van der Waals surface area contributed by atoms with Crippen LogP contribution in [0.5, 0.6) is 11.5 Å². The largest absolute Gasteiger partial charge is 0.486 e. The number of likely N-dealkylation sites (tertiary alicyclic amines) is 1. The van der Waals surface area contributed by atoms with E-state index >= 15 is 0 Å². The Morgan fingerprint density at radius 3 is 2.81 bits per heavy atom. The van der Waals surface area contributed by atoms with E-state index in [2.05, 4.69) is 10.2 Å². The highest BCUT2D eigenvalue weighted by molar-refractivity contribution is 6.33. The summed E-state index contributed by atoms with van der Waals surface area (Å²) in [6.45, 7) is 2.19. The Morgan fingerprint density at radius 2 is 2.00 bits per heavy atom. The minimum atomic E-state index is -0.434. The minimum Gasteiger partial charge on any atom is -0.486 e. The molecule has 0 bridgehead atoms. The third kappa shape index (κ3) is 4.01. The van der Waals surface area contributed by atoms with Gasteiger partial charge in [-0.25, -0.2) is 4.39 Å². The van der Waals surface area contributed by atoms with Crippen molar-refractivity contribution in [2.45, 2.75) is 18.9 Å². The van der Waals surface area contributed by atoms with Crippen LogP contribution in [0.3, 0.4) is 0 Å². The molecule has 142 valence electrons. The van der Waals surface area contributed by atoms with Gasteiger partial charge in [0.15, 0.2) is 11.5 Å². The normalized spacial score (nSPS) is 19.1. The molecule has 0 saturated carbocycles. The number of hydrogen-bond donors (Lipinski definition) is 1. The van der Waals surface area contributed by atoms with E-state index in [1.807, 2.05) is 18.2 Å². The number of nitrogens with one attached hydrogen (secondary N) is 1. The zero-order valence-electron chi connectivity index (χ0n) is 14.7. The van der Waals surface area contributed by atoms with Crippen LogP contribution in [0.25, 0.3) is 0 Å². The lowest BCUT2D eigenvalue weighted by Crippen LogP contribution is -2.33. The number of fused-ring (bicyclic) bond motifs is 1. The van der Waals surface area contributed by atoms with Gasteiger partial charge in [0.05, 0.1) is 17.3 Å². The molecule has 27 heavy (non-hydrogen) atoms. The van der Waals surface area contributed by atoms with E-state index in [9.17, 15) is 9.18 Å². The molecule has 1 fully saturated rings. The number of carbonyl (C=O) groups is 1. The summed E-state index contributed by atoms with van der Waals surface area (Å²) in [5, 5.41) is 2.95. The molecule has 0 aromatic heterocycles. The first-order chi connectivity index (χ1) is 13.1. The molecule has 1 saturated heterocycles. The van der Waals surface area contributed by atoms with Gasteiger partial charge in [-0.2, -0.15) is 0 Å². The average molecular weight is 391 g/mol. The zero-order chi connectivity index (χ0) is 18.8. The van der Waals surface area contributed by atoms with Crippen molar-refractivity contribution < 1.29 is 18.7 Å². The van der Waals surface area contributed by atoms with Crippen molar-refractivity contribution in [2.24, 2.45) is 0 Å². The Hall–Kier alpha value is -2.31. The third-order valence-electron chi connectivity index (χ3n) is 4.87. The Labute approximate surface area is 162 Å². The first kappa shape index (κ1) is 18.1. The summed E-state index contributed by atoms with van der Waals surface area (Å²) in [5.41, 5.74) is 1.53. The van der Waals surface area contributed by atoms with Crippen LogP contribution in [0, 0.1) is 5.82 Å². The number of carbonyl (C=O) groups excluding carboxylic acids is 1. The number of benzene rings is 2. The molecular formula is C20H20ClFN2O3. The van der Waals surface area contributed by atoms with Crippen LogP contribution >= 0.6 is 11.6 Å². The highest BCUT2D eigenvalue weighted by Gasteiger charge is 2.29. The number of nitrogens with zero attached hydrogens (tertiary/aromatic N) is 1. The molecule has 2 aromatic carbocycles. The Balaban J connectivity index is 1.44. The smallest absolute Gasteiger partial charge is 0.238 e. The van der Waals surface area contributed by atoms with Crippen LogP contribution < -0.4 is 14.8 Å². The summed E-state index contributed by atoms with van der Waals surface area (Å²) >= 11 is 5.99. The third-order valence-corrected chi connectivity index (χ3v) is 5.18. The van der Waals surface area contributed by atoms with Crippen molar-refractivity contribution in [3.8, 4) is 11.5 Å². The van der Waals surface area contributed by atoms with Crippen LogP contribution in [0.15, 0.2) is 36.4 Å². The van der Waals surface area contributed by atoms with Gasteiger partial charge in [-0.1, -0.05) is 17.7 Å². The van der Waals surface area contributed by atoms with Crippen LogP contribution in [0.1, 0.15) is 24.4 Å². The second-order valence-electron chi connectivity index (χ2n) is 6.70. The fraction of sp³-hybridized carbons (Fsp3) is 0.350. The summed E-state index contributed by atoms with van der Waals surface area (Å²) in [5.74, 6) is 0.913. The Bertz CT molecular complexity index is 861. The summed E-state index contributed by atoms with van der Waals surface area (Å²) in [7, 11) is 0. The van der Waals surface area contributed by atoms with Crippen LogP contribution in [-0.4, -0.2) is 37.1 Å².